The highest BCUT2D eigenvalue weighted by Crippen LogP contribution is 2.33. The Balaban J connectivity index is 2.12. The number of nitrogens with zero attached hydrogens (tertiary/aromatic N) is 3. The molecule has 112 valence electrons. The number of rotatable bonds is 3. The molecule has 21 heavy (non-hydrogen) atoms. The van der Waals surface area contributed by atoms with Crippen molar-refractivity contribution in [3.05, 3.63) is 18.1 Å². The van der Waals surface area contributed by atoms with Crippen LogP contribution in [0.5, 0.6) is 0 Å². The predicted molar refractivity (Wildman–Crippen MR) is 74.6 cm³/mol. The van der Waals surface area contributed by atoms with E-state index < -0.39 is 18.4 Å². The SMILES string of the molecule is N=C(N)c1cn(C2CC(O)C(CO)O2)c2ncnc(N)c12. The van der Waals surface area contributed by atoms with Gasteiger partial charge in [0.05, 0.1) is 18.1 Å². The van der Waals surface area contributed by atoms with Crippen LogP contribution in [-0.2, 0) is 4.74 Å². The van der Waals surface area contributed by atoms with Crippen molar-refractivity contribution in [2.45, 2.75) is 24.9 Å². The van der Waals surface area contributed by atoms with Crippen molar-refractivity contribution in [2.24, 2.45) is 5.73 Å². The summed E-state index contributed by atoms with van der Waals surface area (Å²) in [5, 5.41) is 27.1. The summed E-state index contributed by atoms with van der Waals surface area (Å²) in [5.41, 5.74) is 12.3. The second-order valence-electron chi connectivity index (χ2n) is 4.94. The first kappa shape index (κ1) is 13.7. The average Bonchev–Trinajstić information content (AvgIpc) is 3.00. The van der Waals surface area contributed by atoms with Crippen LogP contribution in [0.4, 0.5) is 5.82 Å². The number of amidine groups is 1. The first-order valence-corrected chi connectivity index (χ1v) is 6.42. The standard InChI is InChI=1S/C12H16N6O3/c13-10(14)5-2-18(8-1-6(20)7(3-19)21-8)12-9(5)11(15)16-4-17-12/h2,4,6-8,19-20H,1,3H2,(H3,13,14)(H2,15,16,17). The van der Waals surface area contributed by atoms with Crippen LogP contribution in [0, 0.1) is 5.41 Å². The Morgan fingerprint density at radius 2 is 2.29 bits per heavy atom. The van der Waals surface area contributed by atoms with E-state index in [-0.39, 0.29) is 18.3 Å². The Hall–Kier alpha value is -2.23. The Morgan fingerprint density at radius 1 is 1.52 bits per heavy atom. The molecular formula is C12H16N6O3. The summed E-state index contributed by atoms with van der Waals surface area (Å²) in [6.07, 6.45) is 1.30. The number of anilines is 1. The topological polar surface area (TPSA) is 156 Å². The molecule has 1 fully saturated rings. The van der Waals surface area contributed by atoms with Gasteiger partial charge in [-0.2, -0.15) is 0 Å². The molecule has 0 bridgehead atoms. The monoisotopic (exact) mass is 292 g/mol. The molecule has 1 aliphatic rings. The number of hydrogen-bond acceptors (Lipinski definition) is 7. The Morgan fingerprint density at radius 3 is 2.90 bits per heavy atom. The van der Waals surface area contributed by atoms with E-state index in [1.807, 2.05) is 0 Å². The molecule has 0 spiro atoms. The van der Waals surface area contributed by atoms with Crippen LogP contribution in [0.3, 0.4) is 0 Å². The smallest absolute Gasteiger partial charge is 0.148 e. The number of aromatic nitrogens is 3. The van der Waals surface area contributed by atoms with Gasteiger partial charge in [-0.25, -0.2) is 9.97 Å². The van der Waals surface area contributed by atoms with Crippen LogP contribution >= 0.6 is 0 Å². The fraction of sp³-hybridized carbons (Fsp3) is 0.417. The van der Waals surface area contributed by atoms with Gasteiger partial charge in [0.1, 0.15) is 36.0 Å². The molecule has 9 nitrogen and oxygen atoms in total. The molecule has 0 saturated carbocycles. The van der Waals surface area contributed by atoms with E-state index >= 15 is 0 Å². The highest BCUT2D eigenvalue weighted by molar-refractivity contribution is 6.09. The molecule has 0 aliphatic carbocycles. The quantitative estimate of drug-likeness (QED) is 0.356. The normalized spacial score (nSPS) is 25.5. The zero-order valence-corrected chi connectivity index (χ0v) is 11.1. The van der Waals surface area contributed by atoms with Crippen LogP contribution in [0.1, 0.15) is 18.2 Å². The Kier molecular flexibility index (Phi) is 3.24. The second-order valence-corrected chi connectivity index (χ2v) is 4.94. The van der Waals surface area contributed by atoms with Crippen LogP contribution < -0.4 is 11.5 Å². The third-order valence-electron chi connectivity index (χ3n) is 3.62. The van der Waals surface area contributed by atoms with Crippen molar-refractivity contribution in [1.82, 2.24) is 14.5 Å². The highest BCUT2D eigenvalue weighted by atomic mass is 16.5. The Labute approximate surface area is 119 Å². The van der Waals surface area contributed by atoms with Gasteiger partial charge in [-0.1, -0.05) is 0 Å². The zero-order chi connectivity index (χ0) is 15.1. The van der Waals surface area contributed by atoms with Gasteiger partial charge < -0.3 is 31.0 Å². The number of nitrogen functional groups attached to an aromatic ring is 2. The predicted octanol–water partition coefficient (Wildman–Crippen LogP) is -1.06. The minimum atomic E-state index is -0.766. The lowest BCUT2D eigenvalue weighted by atomic mass is 10.2. The number of nitrogens with two attached hydrogens (primary N) is 2. The third kappa shape index (κ3) is 2.11. The van der Waals surface area contributed by atoms with Gasteiger partial charge in [-0.05, 0) is 0 Å². The summed E-state index contributed by atoms with van der Waals surface area (Å²) in [6, 6.07) is 0. The van der Waals surface area contributed by atoms with Gasteiger partial charge in [-0.15, -0.1) is 0 Å². The molecular weight excluding hydrogens is 276 g/mol. The second kappa shape index (κ2) is 4.95. The summed E-state index contributed by atoms with van der Waals surface area (Å²) in [5.74, 6) is 0.0682. The highest BCUT2D eigenvalue weighted by Gasteiger charge is 2.35. The number of aliphatic hydroxyl groups is 2. The van der Waals surface area contributed by atoms with Gasteiger partial charge in [-0.3, -0.25) is 5.41 Å². The van der Waals surface area contributed by atoms with Crippen molar-refractivity contribution in [1.29, 1.82) is 5.41 Å². The lowest BCUT2D eigenvalue weighted by molar-refractivity contribution is -0.0430. The summed E-state index contributed by atoms with van der Waals surface area (Å²) in [4.78, 5) is 8.07. The maximum absolute atomic E-state index is 9.84. The number of fused-ring (bicyclic) bond motifs is 1. The van der Waals surface area contributed by atoms with E-state index in [4.69, 9.17) is 26.7 Å². The summed E-state index contributed by atoms with van der Waals surface area (Å²) in [7, 11) is 0. The number of aliphatic hydroxyl groups excluding tert-OH is 2. The third-order valence-corrected chi connectivity index (χ3v) is 3.62. The fourth-order valence-corrected chi connectivity index (χ4v) is 2.58. The van der Waals surface area contributed by atoms with Crippen molar-refractivity contribution in [2.75, 3.05) is 12.3 Å². The van der Waals surface area contributed by atoms with E-state index in [0.29, 0.717) is 23.0 Å². The molecule has 0 aromatic carbocycles. The van der Waals surface area contributed by atoms with E-state index in [9.17, 15) is 5.11 Å². The van der Waals surface area contributed by atoms with Gasteiger partial charge in [0, 0.05) is 18.2 Å². The minimum absolute atomic E-state index is 0.155. The molecule has 7 N–H and O–H groups in total. The molecule has 3 unspecified atom stereocenters. The number of hydrogen-bond donors (Lipinski definition) is 5. The van der Waals surface area contributed by atoms with Crippen LogP contribution in [0.2, 0.25) is 0 Å². The van der Waals surface area contributed by atoms with Gasteiger partial charge in [0.2, 0.25) is 0 Å². The molecule has 0 amide bonds. The summed E-state index contributed by atoms with van der Waals surface area (Å²) >= 11 is 0. The van der Waals surface area contributed by atoms with Gasteiger partial charge in [0.15, 0.2) is 0 Å². The molecule has 3 rings (SSSR count). The molecule has 2 aromatic heterocycles. The lowest BCUT2D eigenvalue weighted by Gasteiger charge is -2.14. The maximum atomic E-state index is 9.84. The molecule has 3 heterocycles. The lowest BCUT2D eigenvalue weighted by Crippen LogP contribution is -2.24. The molecule has 0 radical (unpaired) electrons. The van der Waals surface area contributed by atoms with Crippen molar-refractivity contribution >= 4 is 22.7 Å². The van der Waals surface area contributed by atoms with Gasteiger partial charge >= 0.3 is 0 Å². The minimum Gasteiger partial charge on any atom is -0.394 e. The Bertz CT molecular complexity index is 700. The summed E-state index contributed by atoms with van der Waals surface area (Å²) < 4.78 is 7.26. The van der Waals surface area contributed by atoms with E-state index in [0.717, 1.165) is 0 Å². The molecule has 1 aliphatic heterocycles. The molecule has 1 saturated heterocycles. The van der Waals surface area contributed by atoms with Crippen molar-refractivity contribution in [3.63, 3.8) is 0 Å². The first-order valence-electron chi connectivity index (χ1n) is 6.42. The van der Waals surface area contributed by atoms with Crippen molar-refractivity contribution in [3.8, 4) is 0 Å². The maximum Gasteiger partial charge on any atom is 0.148 e. The number of nitrogens with one attached hydrogen (secondary N) is 1. The largest absolute Gasteiger partial charge is 0.394 e. The van der Waals surface area contributed by atoms with E-state index in [1.54, 1.807) is 10.8 Å². The number of ether oxygens (including phenoxy) is 1. The zero-order valence-electron chi connectivity index (χ0n) is 11.1. The van der Waals surface area contributed by atoms with E-state index in [1.165, 1.54) is 6.33 Å². The van der Waals surface area contributed by atoms with Crippen LogP contribution in [0.25, 0.3) is 11.0 Å². The van der Waals surface area contributed by atoms with Gasteiger partial charge in [0.25, 0.3) is 0 Å². The fourth-order valence-electron chi connectivity index (χ4n) is 2.58. The van der Waals surface area contributed by atoms with Crippen LogP contribution in [0.15, 0.2) is 12.5 Å². The first-order chi connectivity index (χ1) is 10.0. The van der Waals surface area contributed by atoms with Crippen molar-refractivity contribution < 1.29 is 14.9 Å². The molecule has 3 atom stereocenters. The molecule has 2 aromatic rings. The summed E-state index contributed by atoms with van der Waals surface area (Å²) in [6.45, 7) is -0.270. The molecule has 9 heteroatoms. The average molecular weight is 292 g/mol. The van der Waals surface area contributed by atoms with E-state index in [2.05, 4.69) is 9.97 Å². The van der Waals surface area contributed by atoms with Crippen LogP contribution in [-0.4, -0.2) is 49.4 Å².